The zero-order chi connectivity index (χ0) is 24.3. The molecule has 4 N–H and O–H groups in total. The zero-order valence-corrected chi connectivity index (χ0v) is 17.8. The summed E-state index contributed by atoms with van der Waals surface area (Å²) in [4.78, 5) is 28.3. The zero-order valence-electron chi connectivity index (χ0n) is 17.8. The topological polar surface area (TPSA) is 140 Å². The molecule has 1 aliphatic rings. The average Bonchev–Trinajstić information content (AvgIpc) is 3.17. The number of amides is 1. The molecule has 0 aliphatic carbocycles. The summed E-state index contributed by atoms with van der Waals surface area (Å²) in [5.74, 6) is -4.81. The highest BCUT2D eigenvalue weighted by Gasteiger charge is 2.66. The number of hydrogen-bond acceptors (Lipinski definition) is 7. The first-order valence-corrected chi connectivity index (χ1v) is 9.38. The van der Waals surface area contributed by atoms with Gasteiger partial charge in [-0.3, -0.25) is 9.59 Å². The van der Waals surface area contributed by atoms with Crippen LogP contribution in [0.15, 0.2) is 34.0 Å². The smallest absolute Gasteiger partial charge is 0.315 e. The first-order chi connectivity index (χ1) is 14.8. The summed E-state index contributed by atoms with van der Waals surface area (Å²) in [5.41, 5.74) is 0.872. The summed E-state index contributed by atoms with van der Waals surface area (Å²) >= 11 is 0. The molecule has 2 heterocycles. The third kappa shape index (κ3) is 4.25. The van der Waals surface area contributed by atoms with Crippen LogP contribution in [-0.2, 0) is 21.6 Å². The minimum atomic E-state index is -3.62. The van der Waals surface area contributed by atoms with E-state index in [0.717, 1.165) is 25.5 Å². The van der Waals surface area contributed by atoms with Crippen molar-refractivity contribution in [1.82, 2.24) is 4.98 Å². The maximum Gasteiger partial charge on any atom is 0.315 e. The molecule has 0 saturated carbocycles. The molecule has 174 valence electrons. The Labute approximate surface area is 181 Å². The summed E-state index contributed by atoms with van der Waals surface area (Å²) < 4.78 is 55.3. The van der Waals surface area contributed by atoms with E-state index in [4.69, 9.17) is 24.8 Å². The minimum absolute atomic E-state index is 0.0568. The van der Waals surface area contributed by atoms with Crippen LogP contribution in [0.5, 0.6) is 0 Å². The Balaban J connectivity index is 0.00000114. The van der Waals surface area contributed by atoms with Gasteiger partial charge in [-0.25, -0.2) is 14.4 Å². The molecule has 1 aromatic carbocycles. The van der Waals surface area contributed by atoms with Crippen LogP contribution in [-0.4, -0.2) is 40.0 Å². The van der Waals surface area contributed by atoms with Crippen molar-refractivity contribution in [3.8, 4) is 0 Å². The highest BCUT2D eigenvalue weighted by Crippen LogP contribution is 2.51. The maximum absolute atomic E-state index is 15.2. The number of carboxylic acid groups (broad SMARTS) is 1. The van der Waals surface area contributed by atoms with Gasteiger partial charge in [0, 0.05) is 17.7 Å². The van der Waals surface area contributed by atoms with Gasteiger partial charge in [0.15, 0.2) is 12.1 Å². The van der Waals surface area contributed by atoms with E-state index in [-0.39, 0.29) is 17.9 Å². The third-order valence-corrected chi connectivity index (χ3v) is 4.98. The number of nitrogens with zero attached hydrogens (tertiary/aromatic N) is 2. The van der Waals surface area contributed by atoms with Gasteiger partial charge in [0.25, 0.3) is 18.4 Å². The molecule has 0 unspecified atom stereocenters. The number of ether oxygens (including phenoxy) is 1. The van der Waals surface area contributed by atoms with E-state index >= 15 is 8.78 Å². The number of aliphatic imine (C=N–C) groups is 1. The van der Waals surface area contributed by atoms with Crippen LogP contribution >= 0.6 is 0 Å². The number of nitrogens with two attached hydrogens (primary N) is 1. The SMILES string of the molecule is CCc1ocnc1C(=O)Nc1ccc(F)c([C@@]2(C)OC(N)=NC(C)(C)C2(F)F)c1.O=CO. The van der Waals surface area contributed by atoms with Crippen LogP contribution in [0, 0.1) is 5.82 Å². The van der Waals surface area contributed by atoms with Crippen molar-refractivity contribution in [1.29, 1.82) is 0 Å². The second kappa shape index (κ2) is 8.89. The van der Waals surface area contributed by atoms with E-state index in [1.165, 1.54) is 19.9 Å². The molecule has 1 amide bonds. The van der Waals surface area contributed by atoms with Crippen molar-refractivity contribution in [2.75, 3.05) is 5.32 Å². The van der Waals surface area contributed by atoms with Crippen molar-refractivity contribution in [3.05, 3.63) is 47.4 Å². The summed E-state index contributed by atoms with van der Waals surface area (Å²) in [6, 6.07) is 2.82. The number of halogens is 3. The van der Waals surface area contributed by atoms with Gasteiger partial charge in [-0.1, -0.05) is 6.92 Å². The van der Waals surface area contributed by atoms with Gasteiger partial charge in [-0.15, -0.1) is 0 Å². The molecule has 0 radical (unpaired) electrons. The maximum atomic E-state index is 15.2. The Morgan fingerprint density at radius 1 is 1.31 bits per heavy atom. The molecule has 32 heavy (non-hydrogen) atoms. The highest BCUT2D eigenvalue weighted by molar-refractivity contribution is 6.03. The van der Waals surface area contributed by atoms with Gasteiger partial charge in [0.05, 0.1) is 0 Å². The second-order valence-corrected chi connectivity index (χ2v) is 7.45. The molecule has 1 aromatic heterocycles. The predicted octanol–water partition coefficient (Wildman–Crippen LogP) is 3.30. The van der Waals surface area contributed by atoms with E-state index in [9.17, 15) is 9.18 Å². The van der Waals surface area contributed by atoms with Crippen molar-refractivity contribution in [3.63, 3.8) is 0 Å². The number of benzene rings is 1. The van der Waals surface area contributed by atoms with Gasteiger partial charge in [0.2, 0.25) is 5.60 Å². The van der Waals surface area contributed by atoms with E-state index in [2.05, 4.69) is 15.3 Å². The number of oxazole rings is 1. The van der Waals surface area contributed by atoms with E-state index in [1.807, 2.05) is 0 Å². The largest absolute Gasteiger partial charge is 0.483 e. The average molecular weight is 456 g/mol. The van der Waals surface area contributed by atoms with Crippen LogP contribution in [0.4, 0.5) is 18.9 Å². The fourth-order valence-electron chi connectivity index (χ4n) is 3.32. The lowest BCUT2D eigenvalue weighted by atomic mass is 9.78. The summed E-state index contributed by atoms with van der Waals surface area (Å²) in [7, 11) is 0. The second-order valence-electron chi connectivity index (χ2n) is 7.45. The molecule has 1 aliphatic heterocycles. The number of rotatable bonds is 4. The Morgan fingerprint density at radius 2 is 1.94 bits per heavy atom. The van der Waals surface area contributed by atoms with E-state index < -0.39 is 40.4 Å². The fraction of sp³-hybridized carbons (Fsp3) is 0.400. The number of aromatic nitrogens is 1. The molecule has 1 atom stereocenters. The summed E-state index contributed by atoms with van der Waals surface area (Å²) in [6.45, 7) is 4.93. The highest BCUT2D eigenvalue weighted by atomic mass is 19.3. The molecule has 9 nitrogen and oxygen atoms in total. The van der Waals surface area contributed by atoms with Crippen LogP contribution in [0.25, 0.3) is 0 Å². The summed E-state index contributed by atoms with van der Waals surface area (Å²) in [6.07, 6.45) is 1.56. The lowest BCUT2D eigenvalue weighted by molar-refractivity contribution is -0.215. The Kier molecular flexibility index (Phi) is 6.86. The van der Waals surface area contributed by atoms with Crippen LogP contribution < -0.4 is 11.1 Å². The molecule has 12 heteroatoms. The standard InChI is InChI=1S/C19H21F3N4O3.CH2O2/c1-5-13-14(24-9-28-13)15(27)25-10-6-7-12(20)11(8-10)18(4)19(21,22)17(2,3)26-16(23)29-18;2-1-3/h6-9H,5H2,1-4H3,(H2,23,26)(H,25,27);1H,(H,2,3)/t18-;/m1./s1. The quantitative estimate of drug-likeness (QED) is 0.600. The van der Waals surface area contributed by atoms with Gasteiger partial charge in [0.1, 0.15) is 17.1 Å². The molecule has 0 fully saturated rings. The number of anilines is 1. The van der Waals surface area contributed by atoms with Crippen LogP contribution in [0.2, 0.25) is 0 Å². The fourth-order valence-corrected chi connectivity index (χ4v) is 3.32. The monoisotopic (exact) mass is 456 g/mol. The third-order valence-electron chi connectivity index (χ3n) is 4.98. The predicted molar refractivity (Wildman–Crippen MR) is 108 cm³/mol. The molecule has 0 bridgehead atoms. The number of hydrogen-bond donors (Lipinski definition) is 3. The van der Waals surface area contributed by atoms with Crippen molar-refractivity contribution < 1.29 is 37.0 Å². The number of amidine groups is 1. The number of carbonyl (C=O) groups is 2. The van der Waals surface area contributed by atoms with E-state index in [0.29, 0.717) is 12.2 Å². The van der Waals surface area contributed by atoms with Gasteiger partial charge < -0.3 is 25.3 Å². The first kappa shape index (κ1) is 24.7. The Bertz CT molecular complexity index is 1040. The Hall–Kier alpha value is -3.57. The van der Waals surface area contributed by atoms with E-state index in [1.54, 1.807) is 6.92 Å². The van der Waals surface area contributed by atoms with Crippen molar-refractivity contribution in [2.45, 2.75) is 51.2 Å². The molecule has 0 spiro atoms. The van der Waals surface area contributed by atoms with Gasteiger partial charge >= 0.3 is 5.92 Å². The number of alkyl halides is 2. The normalized spacial score (nSPS) is 20.8. The molecular weight excluding hydrogens is 433 g/mol. The number of nitrogens with one attached hydrogen (secondary N) is 1. The van der Waals surface area contributed by atoms with Crippen molar-refractivity contribution in [2.24, 2.45) is 10.7 Å². The lowest BCUT2D eigenvalue weighted by Gasteiger charge is -2.47. The van der Waals surface area contributed by atoms with Crippen LogP contribution in [0.1, 0.15) is 49.5 Å². The van der Waals surface area contributed by atoms with Crippen LogP contribution in [0.3, 0.4) is 0 Å². The minimum Gasteiger partial charge on any atom is -0.483 e. The summed E-state index contributed by atoms with van der Waals surface area (Å²) in [5, 5.41) is 9.40. The van der Waals surface area contributed by atoms with Gasteiger partial charge in [-0.2, -0.15) is 8.78 Å². The molecule has 2 aromatic rings. The molecular formula is C20H23F3N4O5. The Morgan fingerprint density at radius 3 is 2.53 bits per heavy atom. The molecule has 0 saturated heterocycles. The number of carbonyl (C=O) groups excluding carboxylic acids is 1. The molecule has 3 rings (SSSR count). The lowest BCUT2D eigenvalue weighted by Crippen LogP contribution is -2.62. The van der Waals surface area contributed by atoms with Gasteiger partial charge in [-0.05, 0) is 39.0 Å². The van der Waals surface area contributed by atoms with Crippen molar-refractivity contribution >= 4 is 24.1 Å². The number of aryl methyl sites for hydroxylation is 1. The first-order valence-electron chi connectivity index (χ1n) is 9.38.